The molecule has 3 aromatic rings. The lowest BCUT2D eigenvalue weighted by Crippen LogP contribution is -2.42. The van der Waals surface area contributed by atoms with E-state index in [4.69, 9.17) is 51.8 Å². The van der Waals surface area contributed by atoms with Crippen molar-refractivity contribution in [3.8, 4) is 0 Å². The van der Waals surface area contributed by atoms with E-state index in [0.29, 0.717) is 16.1 Å². The Kier molecular flexibility index (Phi) is 7.51. The minimum absolute atomic E-state index is 0.0494. The van der Waals surface area contributed by atoms with E-state index in [-0.39, 0.29) is 26.6 Å². The first-order valence-corrected chi connectivity index (χ1v) is 10.3. The maximum Gasteiger partial charge on any atom is 0.253 e. The van der Waals surface area contributed by atoms with E-state index in [1.54, 1.807) is 36.4 Å². The highest BCUT2D eigenvalue weighted by molar-refractivity contribution is 6.42. The van der Waals surface area contributed by atoms with Gasteiger partial charge in [-0.15, -0.1) is 0 Å². The number of carbonyl (C=O) groups excluding carboxylic acids is 2. The summed E-state index contributed by atoms with van der Waals surface area (Å²) in [6.45, 7) is 0. The molecule has 1 aromatic heterocycles. The lowest BCUT2D eigenvalue weighted by molar-refractivity contribution is -0.121. The summed E-state index contributed by atoms with van der Waals surface area (Å²) in [6.07, 6.45) is 1.24. The van der Waals surface area contributed by atoms with E-state index in [1.807, 2.05) is 0 Å². The topological polar surface area (TPSA) is 94.9 Å². The number of amides is 2. The molecule has 0 spiro atoms. The highest BCUT2D eigenvalue weighted by Gasteiger charge is 2.25. The van der Waals surface area contributed by atoms with Crippen molar-refractivity contribution in [1.29, 1.82) is 5.41 Å². The molecule has 158 valence electrons. The number of carbonyl (C=O) groups is 2. The first-order chi connectivity index (χ1) is 14.8. The van der Waals surface area contributed by atoms with E-state index in [2.05, 4.69) is 15.6 Å². The molecular weight excluding hydrogens is 482 g/mol. The number of nitrogens with zero attached hydrogens (tertiary/aromatic N) is 1. The van der Waals surface area contributed by atoms with Crippen molar-refractivity contribution in [2.45, 2.75) is 6.04 Å². The summed E-state index contributed by atoms with van der Waals surface area (Å²) >= 11 is 23.8. The minimum Gasteiger partial charge on any atom is -0.336 e. The Morgan fingerprint density at radius 3 is 2.23 bits per heavy atom. The molecule has 1 unspecified atom stereocenters. The molecule has 6 nitrogen and oxygen atoms in total. The summed E-state index contributed by atoms with van der Waals surface area (Å²) in [7, 11) is 0. The van der Waals surface area contributed by atoms with Gasteiger partial charge >= 0.3 is 0 Å². The van der Waals surface area contributed by atoms with Crippen molar-refractivity contribution in [2.75, 3.05) is 0 Å². The molecule has 0 fully saturated rings. The Morgan fingerprint density at radius 1 is 0.871 bits per heavy atom. The number of amidine groups is 1. The number of pyridine rings is 1. The number of nitrogens with one attached hydrogen (secondary N) is 3. The van der Waals surface area contributed by atoms with Gasteiger partial charge in [0.05, 0.1) is 20.6 Å². The lowest BCUT2D eigenvalue weighted by atomic mass is 10.0. The van der Waals surface area contributed by atoms with E-state index in [9.17, 15) is 9.59 Å². The fourth-order valence-corrected chi connectivity index (χ4v) is 3.20. The van der Waals surface area contributed by atoms with Crippen LogP contribution in [0.4, 0.5) is 0 Å². The van der Waals surface area contributed by atoms with Crippen LogP contribution in [-0.2, 0) is 4.79 Å². The molecule has 2 aromatic carbocycles. The van der Waals surface area contributed by atoms with Crippen LogP contribution in [0.25, 0.3) is 0 Å². The van der Waals surface area contributed by atoms with E-state index in [1.165, 1.54) is 24.4 Å². The number of hydrogen-bond acceptors (Lipinski definition) is 4. The Hall–Kier alpha value is -2.64. The van der Waals surface area contributed by atoms with E-state index in [0.717, 1.165) is 0 Å². The molecule has 1 heterocycles. The molecule has 0 bridgehead atoms. The van der Waals surface area contributed by atoms with Gasteiger partial charge in [-0.1, -0.05) is 82.8 Å². The van der Waals surface area contributed by atoms with Crippen LogP contribution >= 0.6 is 46.4 Å². The molecule has 3 rings (SSSR count). The highest BCUT2D eigenvalue weighted by atomic mass is 35.5. The maximum absolute atomic E-state index is 13.0. The van der Waals surface area contributed by atoms with Crippen LogP contribution in [0.15, 0.2) is 60.8 Å². The van der Waals surface area contributed by atoms with Crippen LogP contribution in [0.2, 0.25) is 20.2 Å². The van der Waals surface area contributed by atoms with Gasteiger partial charge in [-0.3, -0.25) is 15.0 Å². The van der Waals surface area contributed by atoms with Crippen molar-refractivity contribution in [1.82, 2.24) is 15.6 Å². The average molecular weight is 496 g/mol. The second-order valence-electron chi connectivity index (χ2n) is 6.31. The standard InChI is InChI=1S/C21H14Cl4N4O2/c22-14-7-6-12(8-15(14)23)17(21(31)29-19(26)11-4-2-1-3-5-11)28-20(30)13-9-16(24)18(25)27-10-13/h1-10,17H,(H,28,30)(H2,26,29,31). The van der Waals surface area contributed by atoms with Gasteiger partial charge in [0.15, 0.2) is 0 Å². The van der Waals surface area contributed by atoms with Crippen LogP contribution in [0.1, 0.15) is 27.5 Å². The average Bonchev–Trinajstić information content (AvgIpc) is 2.76. The van der Waals surface area contributed by atoms with Gasteiger partial charge in [-0.2, -0.15) is 0 Å². The molecule has 1 atom stereocenters. The Morgan fingerprint density at radius 2 is 1.58 bits per heavy atom. The number of aromatic nitrogens is 1. The molecular formula is C21H14Cl4N4O2. The molecule has 2 amide bonds. The lowest BCUT2D eigenvalue weighted by Gasteiger charge is -2.20. The Bertz CT molecular complexity index is 1160. The van der Waals surface area contributed by atoms with Crippen molar-refractivity contribution in [3.05, 3.63) is 97.7 Å². The second-order valence-corrected chi connectivity index (χ2v) is 7.89. The molecule has 0 radical (unpaired) electrons. The maximum atomic E-state index is 13.0. The Balaban J connectivity index is 1.89. The molecule has 0 aliphatic carbocycles. The monoisotopic (exact) mass is 494 g/mol. The van der Waals surface area contributed by atoms with E-state index < -0.39 is 17.9 Å². The largest absolute Gasteiger partial charge is 0.336 e. The number of benzene rings is 2. The predicted octanol–water partition coefficient (Wildman–Crippen LogP) is 5.31. The molecule has 0 saturated heterocycles. The Labute approximate surface area is 198 Å². The number of halogens is 4. The first kappa shape index (κ1) is 23.0. The predicted molar refractivity (Wildman–Crippen MR) is 122 cm³/mol. The summed E-state index contributed by atoms with van der Waals surface area (Å²) in [5.74, 6) is -1.39. The van der Waals surface area contributed by atoms with Gasteiger partial charge in [0.25, 0.3) is 11.8 Å². The molecule has 3 N–H and O–H groups in total. The van der Waals surface area contributed by atoms with Crippen LogP contribution in [0.3, 0.4) is 0 Å². The SMILES string of the molecule is N=C(NC(=O)C(NC(=O)c1cnc(Cl)c(Cl)c1)c1ccc(Cl)c(Cl)c1)c1ccccc1. The van der Waals surface area contributed by atoms with Gasteiger partial charge in [0.1, 0.15) is 17.0 Å². The van der Waals surface area contributed by atoms with Crippen LogP contribution < -0.4 is 10.6 Å². The molecule has 10 heteroatoms. The molecule has 0 aliphatic rings. The zero-order valence-electron chi connectivity index (χ0n) is 15.6. The number of hydrogen-bond donors (Lipinski definition) is 3. The van der Waals surface area contributed by atoms with Gasteiger partial charge in [0.2, 0.25) is 0 Å². The van der Waals surface area contributed by atoms with E-state index >= 15 is 0 Å². The molecule has 0 aliphatic heterocycles. The summed E-state index contributed by atoms with van der Waals surface area (Å²) in [5.41, 5.74) is 0.975. The third-order valence-corrected chi connectivity index (χ3v) is 5.61. The van der Waals surface area contributed by atoms with Crippen molar-refractivity contribution >= 4 is 64.1 Å². The summed E-state index contributed by atoms with van der Waals surface area (Å²) in [5, 5.41) is 13.9. The summed E-state index contributed by atoms with van der Waals surface area (Å²) in [4.78, 5) is 29.6. The quantitative estimate of drug-likeness (QED) is 0.254. The number of rotatable bonds is 5. The zero-order chi connectivity index (χ0) is 22.5. The zero-order valence-corrected chi connectivity index (χ0v) is 18.7. The van der Waals surface area contributed by atoms with Gasteiger partial charge in [0, 0.05) is 11.8 Å². The molecule has 31 heavy (non-hydrogen) atoms. The van der Waals surface area contributed by atoms with Gasteiger partial charge in [-0.25, -0.2) is 4.98 Å². The van der Waals surface area contributed by atoms with Crippen LogP contribution in [-0.4, -0.2) is 22.6 Å². The minimum atomic E-state index is -1.18. The van der Waals surface area contributed by atoms with Crippen LogP contribution in [0, 0.1) is 5.41 Å². The van der Waals surface area contributed by atoms with Crippen molar-refractivity contribution < 1.29 is 9.59 Å². The third kappa shape index (κ3) is 5.74. The first-order valence-electron chi connectivity index (χ1n) is 8.78. The van der Waals surface area contributed by atoms with Crippen molar-refractivity contribution in [2.24, 2.45) is 0 Å². The van der Waals surface area contributed by atoms with Gasteiger partial charge < -0.3 is 10.6 Å². The van der Waals surface area contributed by atoms with Crippen LogP contribution in [0.5, 0.6) is 0 Å². The third-order valence-electron chi connectivity index (χ3n) is 4.18. The fourth-order valence-electron chi connectivity index (χ4n) is 2.62. The fraction of sp³-hybridized carbons (Fsp3) is 0.0476. The smallest absolute Gasteiger partial charge is 0.253 e. The summed E-state index contributed by atoms with van der Waals surface area (Å²) < 4.78 is 0. The molecule has 0 saturated carbocycles. The summed E-state index contributed by atoms with van der Waals surface area (Å²) in [6, 6.07) is 13.3. The highest BCUT2D eigenvalue weighted by Crippen LogP contribution is 2.26. The normalized spacial score (nSPS) is 11.5. The second kappa shape index (κ2) is 10.1. The van der Waals surface area contributed by atoms with Gasteiger partial charge in [-0.05, 0) is 23.8 Å². The van der Waals surface area contributed by atoms with Crippen molar-refractivity contribution in [3.63, 3.8) is 0 Å².